The van der Waals surface area contributed by atoms with Crippen molar-refractivity contribution >= 4 is 72.2 Å². The summed E-state index contributed by atoms with van der Waals surface area (Å²) in [6, 6.07) is -0.990. The molecule has 3 heterocycles. The summed E-state index contributed by atoms with van der Waals surface area (Å²) in [6.07, 6.45) is 0. The second-order valence-corrected chi connectivity index (χ2v) is 12.8. The fourth-order valence-corrected chi connectivity index (χ4v) is 6.05. The van der Waals surface area contributed by atoms with Crippen molar-refractivity contribution in [1.29, 1.82) is 0 Å². The fourth-order valence-electron chi connectivity index (χ4n) is 3.55. The van der Waals surface area contributed by atoms with Gasteiger partial charge in [-0.3, -0.25) is 14.5 Å². The number of aromatic nitrogens is 1. The molecule has 0 aliphatic carbocycles. The van der Waals surface area contributed by atoms with E-state index in [0.717, 1.165) is 0 Å². The van der Waals surface area contributed by atoms with Gasteiger partial charge in [0, 0.05) is 16.5 Å². The maximum Gasteiger partial charge on any atom is 0.378 e. The second-order valence-electron chi connectivity index (χ2n) is 10.0. The number of rotatable bonds is 8. The zero-order chi connectivity index (χ0) is 28.6. The highest BCUT2D eigenvalue weighted by Gasteiger charge is 2.56. The van der Waals surface area contributed by atoms with E-state index < -0.39 is 46.4 Å². The van der Waals surface area contributed by atoms with Crippen molar-refractivity contribution in [1.82, 2.24) is 15.2 Å². The maximum atomic E-state index is 13.4. The Balaban J connectivity index is 1.86. The lowest BCUT2D eigenvalue weighted by molar-refractivity contribution is -0.179. The summed E-state index contributed by atoms with van der Waals surface area (Å²) in [5.41, 5.74) is -1.84. The monoisotopic (exact) mass is 582 g/mol. The van der Waals surface area contributed by atoms with E-state index in [4.69, 9.17) is 29.2 Å². The molecule has 15 heteroatoms. The lowest BCUT2D eigenvalue weighted by atomic mass is 10.0. The summed E-state index contributed by atoms with van der Waals surface area (Å²) in [5, 5.41) is 8.03. The van der Waals surface area contributed by atoms with Gasteiger partial charge < -0.3 is 19.5 Å². The molecule has 2 aliphatic rings. The molecule has 2 amide bonds. The number of aryl methyl sites for hydroxylation is 1. The number of β-lactam (4-membered cyclic amide) rings is 1. The molecule has 1 fully saturated rings. The van der Waals surface area contributed by atoms with Crippen LogP contribution < -0.4 is 5.32 Å². The van der Waals surface area contributed by atoms with Crippen molar-refractivity contribution in [3.8, 4) is 0 Å². The summed E-state index contributed by atoms with van der Waals surface area (Å²) >= 11 is 8.65. The van der Waals surface area contributed by atoms with Gasteiger partial charge in [-0.15, -0.1) is 34.7 Å². The van der Waals surface area contributed by atoms with E-state index in [0.29, 0.717) is 10.6 Å². The first-order chi connectivity index (χ1) is 17.6. The molecule has 2 aliphatic heterocycles. The minimum Gasteiger partial charge on any atom is -0.539 e. The van der Waals surface area contributed by atoms with Crippen LogP contribution in [0.1, 0.15) is 52.2 Å². The normalized spacial score (nSPS) is 21.9. The number of fused-ring (bicyclic) bond motifs is 1. The first kappa shape index (κ1) is 30.0. The highest BCUT2D eigenvalue weighted by molar-refractivity contribution is 8.00. The minimum absolute atomic E-state index is 0.00309. The van der Waals surface area contributed by atoms with Gasteiger partial charge in [-0.1, -0.05) is 5.16 Å². The molecule has 3 rings (SSSR count). The zero-order valence-electron chi connectivity index (χ0n) is 22.0. The van der Waals surface area contributed by atoms with Crippen molar-refractivity contribution in [2.24, 2.45) is 5.16 Å². The number of thiazole rings is 1. The van der Waals surface area contributed by atoms with Crippen molar-refractivity contribution < 1.29 is 33.4 Å². The van der Waals surface area contributed by atoms with E-state index in [2.05, 4.69) is 20.1 Å². The van der Waals surface area contributed by atoms with Crippen LogP contribution in [-0.4, -0.2) is 81.1 Å². The van der Waals surface area contributed by atoms with E-state index in [-0.39, 0.29) is 28.2 Å². The summed E-state index contributed by atoms with van der Waals surface area (Å²) in [5.74, 6) is -2.88. The summed E-state index contributed by atoms with van der Waals surface area (Å²) in [7, 11) is 5.08. The van der Waals surface area contributed by atoms with E-state index >= 15 is 0 Å². The van der Waals surface area contributed by atoms with Crippen LogP contribution in [0, 0.1) is 6.92 Å². The van der Waals surface area contributed by atoms with Gasteiger partial charge in [0.05, 0.1) is 5.01 Å². The average molecular weight is 583 g/mol. The molecule has 0 bridgehead atoms. The van der Waals surface area contributed by atoms with Crippen LogP contribution in [0.3, 0.4) is 0 Å². The van der Waals surface area contributed by atoms with Gasteiger partial charge >= 0.3 is 20.0 Å². The number of carbonyl (C=O) groups is 4. The molecule has 1 aromatic heterocycles. The SMILES string of the molecule is [B]OC(=O)C1=C(CCl)[C@H](C)S[C@@H]2[C@H](NC(=O)/C(=N\OC(C)(C)C(=O)OC(C)(C)C)c3csc(C)n3)C(=O)N12. The van der Waals surface area contributed by atoms with E-state index in [1.807, 2.05) is 6.92 Å². The number of thioether (sulfide) groups is 1. The van der Waals surface area contributed by atoms with Crippen molar-refractivity contribution in [3.05, 3.63) is 27.4 Å². The predicted molar refractivity (Wildman–Crippen MR) is 144 cm³/mol. The van der Waals surface area contributed by atoms with Crippen molar-refractivity contribution in [2.45, 2.75) is 76.3 Å². The molecule has 2 radical (unpaired) electrons. The van der Waals surface area contributed by atoms with Crippen molar-refractivity contribution in [2.75, 3.05) is 5.88 Å². The molecule has 38 heavy (non-hydrogen) atoms. The largest absolute Gasteiger partial charge is 0.539 e. The third-order valence-corrected chi connectivity index (χ3v) is 8.00. The van der Waals surface area contributed by atoms with Gasteiger partial charge in [0.15, 0.2) is 5.71 Å². The van der Waals surface area contributed by atoms with E-state index in [1.54, 1.807) is 33.1 Å². The molecule has 0 aromatic carbocycles. The van der Waals surface area contributed by atoms with Crippen LogP contribution >= 0.6 is 34.7 Å². The van der Waals surface area contributed by atoms with Gasteiger partial charge in [0.1, 0.15) is 28.4 Å². The first-order valence-corrected chi connectivity index (χ1v) is 13.9. The molecular weight excluding hydrogens is 555 g/mol. The Hall–Kier alpha value is -2.58. The Morgan fingerprint density at radius 3 is 2.45 bits per heavy atom. The third kappa shape index (κ3) is 6.18. The maximum absolute atomic E-state index is 13.4. The van der Waals surface area contributed by atoms with Crippen LogP contribution in [0.4, 0.5) is 0 Å². The van der Waals surface area contributed by atoms with E-state index in [1.165, 1.54) is 41.8 Å². The lowest BCUT2D eigenvalue weighted by Gasteiger charge is -2.51. The van der Waals surface area contributed by atoms with Gasteiger partial charge in [-0.2, -0.15) is 0 Å². The Kier molecular flexibility index (Phi) is 8.89. The lowest BCUT2D eigenvalue weighted by Crippen LogP contribution is -2.71. The van der Waals surface area contributed by atoms with Crippen LogP contribution in [0.2, 0.25) is 0 Å². The molecule has 3 atom stereocenters. The number of nitrogens with zero attached hydrogens (tertiary/aromatic N) is 3. The number of nitrogens with one attached hydrogen (secondary N) is 1. The van der Waals surface area contributed by atoms with E-state index in [9.17, 15) is 19.2 Å². The summed E-state index contributed by atoms with van der Waals surface area (Å²) in [6.45, 7) is 11.6. The molecule has 204 valence electrons. The Bertz CT molecular complexity index is 1210. The highest BCUT2D eigenvalue weighted by atomic mass is 35.5. The van der Waals surface area contributed by atoms with Gasteiger partial charge in [0.2, 0.25) is 5.60 Å². The molecule has 1 N–H and O–H groups in total. The number of hydrogen-bond donors (Lipinski definition) is 1. The average Bonchev–Trinajstić information content (AvgIpc) is 3.25. The molecule has 1 aromatic rings. The number of ether oxygens (including phenoxy) is 1. The molecule has 0 saturated carbocycles. The fraction of sp³-hybridized carbons (Fsp3) is 0.565. The van der Waals surface area contributed by atoms with Gasteiger partial charge in [-0.05, 0) is 54.0 Å². The highest BCUT2D eigenvalue weighted by Crippen LogP contribution is 2.44. The molecular formula is C23H28BClN4O7S2. The smallest absolute Gasteiger partial charge is 0.378 e. The Morgan fingerprint density at radius 1 is 1.26 bits per heavy atom. The summed E-state index contributed by atoms with van der Waals surface area (Å²) < 4.78 is 9.75. The van der Waals surface area contributed by atoms with Crippen LogP contribution in [0.15, 0.2) is 21.8 Å². The van der Waals surface area contributed by atoms with Gasteiger partial charge in [0.25, 0.3) is 11.8 Å². The number of oxime groups is 1. The third-order valence-electron chi connectivity index (χ3n) is 5.49. The quantitative estimate of drug-likeness (QED) is 0.122. The number of carbonyl (C=O) groups excluding carboxylic acids is 4. The van der Waals surface area contributed by atoms with Crippen LogP contribution in [-0.2, 0) is 33.4 Å². The summed E-state index contributed by atoms with van der Waals surface area (Å²) in [4.78, 5) is 62.3. The number of halogens is 1. The zero-order valence-corrected chi connectivity index (χ0v) is 24.4. The predicted octanol–water partition coefficient (Wildman–Crippen LogP) is 2.20. The molecule has 0 spiro atoms. The topological polar surface area (TPSA) is 136 Å². The molecule has 11 nitrogen and oxygen atoms in total. The van der Waals surface area contributed by atoms with Crippen LogP contribution in [0.5, 0.6) is 0 Å². The minimum atomic E-state index is -1.53. The first-order valence-electron chi connectivity index (χ1n) is 11.5. The standard InChI is InChI=1S/C23H28BClN4O7S2/c1-10-12(8-25)16(20(32)35-24)29-18(31)15(19(29)38-10)27-17(30)14(13-9-37-11(2)26-13)28-36-23(6,7)21(33)34-22(3,4)5/h9-10,15,19H,8H2,1-7H3,(H,27,30)/b28-14-/t10-,15+,19+/m0/s1. The molecule has 0 unspecified atom stereocenters. The number of amides is 2. The van der Waals surface area contributed by atoms with Crippen LogP contribution in [0.25, 0.3) is 0 Å². The molecule has 1 saturated heterocycles. The van der Waals surface area contributed by atoms with Gasteiger partial charge in [-0.25, -0.2) is 14.6 Å². The number of alkyl halides is 1. The van der Waals surface area contributed by atoms with Crippen molar-refractivity contribution in [3.63, 3.8) is 0 Å². The Morgan fingerprint density at radius 2 is 1.92 bits per heavy atom. The number of hydrogen-bond acceptors (Lipinski definition) is 11. The second kappa shape index (κ2) is 11.3. The Labute approximate surface area is 235 Å². The number of esters is 1.